The second-order valence-corrected chi connectivity index (χ2v) is 6.32. The van der Waals surface area contributed by atoms with Crippen LogP contribution in [0.3, 0.4) is 0 Å². The molecule has 26 heavy (non-hydrogen) atoms. The van der Waals surface area contributed by atoms with E-state index in [-0.39, 0.29) is 5.91 Å². The van der Waals surface area contributed by atoms with Crippen molar-refractivity contribution >= 4 is 16.8 Å². The molecular formula is C22H24N2O2. The molecule has 0 unspecified atom stereocenters. The number of amides is 1. The van der Waals surface area contributed by atoms with Gasteiger partial charge in [-0.15, -0.1) is 0 Å². The van der Waals surface area contributed by atoms with Crippen molar-refractivity contribution in [1.29, 1.82) is 0 Å². The zero-order valence-corrected chi connectivity index (χ0v) is 15.1. The highest BCUT2D eigenvalue weighted by Gasteiger charge is 2.05. The number of para-hydroxylation sites is 1. The van der Waals surface area contributed by atoms with Gasteiger partial charge in [0.15, 0.2) is 0 Å². The molecule has 0 aliphatic rings. The number of nitrogens with one attached hydrogen (secondary N) is 1. The molecule has 3 aromatic rings. The number of rotatable bonds is 8. The fourth-order valence-corrected chi connectivity index (χ4v) is 2.73. The molecule has 4 heteroatoms. The number of nitrogens with zero attached hydrogens (tertiary/aromatic N) is 1. The minimum absolute atomic E-state index is 0.0970. The molecule has 134 valence electrons. The summed E-state index contributed by atoms with van der Waals surface area (Å²) in [5.74, 6) is 1.68. The first-order valence-electron chi connectivity index (χ1n) is 9.13. The number of ether oxygens (including phenoxy) is 1. The highest BCUT2D eigenvalue weighted by molar-refractivity contribution is 5.81. The van der Waals surface area contributed by atoms with Gasteiger partial charge >= 0.3 is 0 Å². The minimum atomic E-state index is 0.0970. The Morgan fingerprint density at radius 1 is 1.08 bits per heavy atom. The Morgan fingerprint density at radius 3 is 2.73 bits per heavy atom. The van der Waals surface area contributed by atoms with E-state index >= 15 is 0 Å². The molecule has 0 bridgehead atoms. The van der Waals surface area contributed by atoms with Gasteiger partial charge in [-0.3, -0.25) is 9.78 Å². The van der Waals surface area contributed by atoms with E-state index in [1.165, 1.54) is 0 Å². The summed E-state index contributed by atoms with van der Waals surface area (Å²) >= 11 is 0. The number of unbranched alkanes of at least 4 members (excludes halogenated alkanes) is 1. The summed E-state index contributed by atoms with van der Waals surface area (Å²) < 4.78 is 5.89. The van der Waals surface area contributed by atoms with Crippen molar-refractivity contribution in [1.82, 2.24) is 10.3 Å². The van der Waals surface area contributed by atoms with E-state index in [4.69, 9.17) is 4.74 Å². The Labute approximate surface area is 154 Å². The van der Waals surface area contributed by atoms with Gasteiger partial charge in [0, 0.05) is 24.5 Å². The summed E-state index contributed by atoms with van der Waals surface area (Å²) in [5, 5.41) is 3.96. The fraction of sp³-hybridized carbons (Fsp3) is 0.273. The second-order valence-electron chi connectivity index (χ2n) is 6.32. The van der Waals surface area contributed by atoms with Gasteiger partial charge in [0.1, 0.15) is 11.5 Å². The highest BCUT2D eigenvalue weighted by Crippen LogP contribution is 2.25. The standard InChI is InChI=1S/C22H24N2O2/c1-2-3-13-23-22(25)12-9-17-14-18-15-20(10-11-21(18)24-16-17)26-19-7-5-4-6-8-19/h4-8,10-11,14-16H,2-3,9,12-13H2,1H3,(H,23,25). The minimum Gasteiger partial charge on any atom is -0.457 e. The molecule has 1 heterocycles. The number of fused-ring (bicyclic) bond motifs is 1. The molecule has 1 aromatic heterocycles. The summed E-state index contributed by atoms with van der Waals surface area (Å²) in [5.41, 5.74) is 1.97. The Balaban J connectivity index is 1.66. The van der Waals surface area contributed by atoms with Gasteiger partial charge in [-0.05, 0) is 54.8 Å². The SMILES string of the molecule is CCCCNC(=O)CCc1cnc2ccc(Oc3ccccc3)cc2c1. The van der Waals surface area contributed by atoms with Crippen molar-refractivity contribution in [2.45, 2.75) is 32.6 Å². The topological polar surface area (TPSA) is 51.2 Å². The van der Waals surface area contributed by atoms with Crippen LogP contribution in [0.25, 0.3) is 10.9 Å². The predicted molar refractivity (Wildman–Crippen MR) is 104 cm³/mol. The Morgan fingerprint density at radius 2 is 1.92 bits per heavy atom. The third kappa shape index (κ3) is 5.06. The quantitative estimate of drug-likeness (QED) is 0.591. The monoisotopic (exact) mass is 348 g/mol. The molecule has 0 saturated carbocycles. The van der Waals surface area contributed by atoms with Crippen LogP contribution in [-0.2, 0) is 11.2 Å². The maximum absolute atomic E-state index is 11.9. The summed E-state index contributed by atoms with van der Waals surface area (Å²) in [7, 11) is 0. The summed E-state index contributed by atoms with van der Waals surface area (Å²) in [6.45, 7) is 2.87. The lowest BCUT2D eigenvalue weighted by Gasteiger charge is -2.08. The smallest absolute Gasteiger partial charge is 0.220 e. The maximum Gasteiger partial charge on any atom is 0.220 e. The van der Waals surface area contributed by atoms with Crippen molar-refractivity contribution in [3.05, 3.63) is 66.4 Å². The zero-order chi connectivity index (χ0) is 18.2. The Kier molecular flexibility index (Phi) is 6.20. The van der Waals surface area contributed by atoms with Crippen molar-refractivity contribution < 1.29 is 9.53 Å². The van der Waals surface area contributed by atoms with Crippen molar-refractivity contribution in [3.63, 3.8) is 0 Å². The molecule has 0 aliphatic carbocycles. The Bertz CT molecular complexity index is 862. The van der Waals surface area contributed by atoms with Crippen LogP contribution >= 0.6 is 0 Å². The van der Waals surface area contributed by atoms with Crippen LogP contribution in [-0.4, -0.2) is 17.4 Å². The van der Waals surface area contributed by atoms with Crippen molar-refractivity contribution in [3.8, 4) is 11.5 Å². The Hall–Kier alpha value is -2.88. The van der Waals surface area contributed by atoms with E-state index in [0.717, 1.165) is 47.4 Å². The number of hydrogen-bond donors (Lipinski definition) is 1. The van der Waals surface area contributed by atoms with E-state index in [1.807, 2.05) is 54.7 Å². The van der Waals surface area contributed by atoms with Gasteiger partial charge in [-0.2, -0.15) is 0 Å². The second kappa shape index (κ2) is 8.99. The molecule has 0 spiro atoms. The number of aromatic nitrogens is 1. The van der Waals surface area contributed by atoms with E-state index in [1.54, 1.807) is 0 Å². The molecule has 1 amide bonds. The first-order chi connectivity index (χ1) is 12.7. The van der Waals surface area contributed by atoms with Gasteiger partial charge in [0.25, 0.3) is 0 Å². The third-order valence-corrected chi connectivity index (χ3v) is 4.18. The van der Waals surface area contributed by atoms with Crippen LogP contribution in [0.2, 0.25) is 0 Å². The first-order valence-corrected chi connectivity index (χ1v) is 9.13. The molecule has 0 fully saturated rings. The molecular weight excluding hydrogens is 324 g/mol. The van der Waals surface area contributed by atoms with Gasteiger partial charge in [0.2, 0.25) is 5.91 Å². The first kappa shape index (κ1) is 17.9. The largest absolute Gasteiger partial charge is 0.457 e. The van der Waals surface area contributed by atoms with Crippen LogP contribution in [0.1, 0.15) is 31.7 Å². The van der Waals surface area contributed by atoms with E-state index < -0.39 is 0 Å². The number of carbonyl (C=O) groups is 1. The van der Waals surface area contributed by atoms with E-state index in [0.29, 0.717) is 12.8 Å². The summed E-state index contributed by atoms with van der Waals surface area (Å²) in [6, 6.07) is 17.6. The van der Waals surface area contributed by atoms with Gasteiger partial charge < -0.3 is 10.1 Å². The summed E-state index contributed by atoms with van der Waals surface area (Å²) in [6.07, 6.45) is 5.12. The number of aryl methyl sites for hydroxylation is 1. The normalized spacial score (nSPS) is 10.7. The zero-order valence-electron chi connectivity index (χ0n) is 15.1. The molecule has 0 aliphatic heterocycles. The van der Waals surface area contributed by atoms with Crippen LogP contribution in [0.4, 0.5) is 0 Å². The lowest BCUT2D eigenvalue weighted by atomic mass is 10.1. The van der Waals surface area contributed by atoms with E-state index in [2.05, 4.69) is 23.3 Å². The van der Waals surface area contributed by atoms with Gasteiger partial charge in [-0.25, -0.2) is 0 Å². The van der Waals surface area contributed by atoms with Crippen LogP contribution in [0.15, 0.2) is 60.8 Å². The predicted octanol–water partition coefficient (Wildman–Crippen LogP) is 4.88. The molecule has 0 saturated heterocycles. The van der Waals surface area contributed by atoms with Crippen LogP contribution in [0, 0.1) is 0 Å². The van der Waals surface area contributed by atoms with Gasteiger partial charge in [-0.1, -0.05) is 31.5 Å². The lowest BCUT2D eigenvalue weighted by molar-refractivity contribution is -0.121. The van der Waals surface area contributed by atoms with Crippen molar-refractivity contribution in [2.24, 2.45) is 0 Å². The number of hydrogen-bond acceptors (Lipinski definition) is 3. The average molecular weight is 348 g/mol. The molecule has 4 nitrogen and oxygen atoms in total. The van der Waals surface area contributed by atoms with Crippen molar-refractivity contribution in [2.75, 3.05) is 6.54 Å². The average Bonchev–Trinajstić information content (AvgIpc) is 2.67. The molecule has 0 atom stereocenters. The van der Waals surface area contributed by atoms with E-state index in [9.17, 15) is 4.79 Å². The summed E-state index contributed by atoms with van der Waals surface area (Å²) in [4.78, 5) is 16.4. The number of benzene rings is 2. The maximum atomic E-state index is 11.9. The lowest BCUT2D eigenvalue weighted by Crippen LogP contribution is -2.24. The molecule has 2 aromatic carbocycles. The fourth-order valence-electron chi connectivity index (χ4n) is 2.73. The highest BCUT2D eigenvalue weighted by atomic mass is 16.5. The molecule has 1 N–H and O–H groups in total. The molecule has 3 rings (SSSR count). The number of pyridine rings is 1. The van der Waals surface area contributed by atoms with Crippen LogP contribution < -0.4 is 10.1 Å². The van der Waals surface area contributed by atoms with Crippen LogP contribution in [0.5, 0.6) is 11.5 Å². The van der Waals surface area contributed by atoms with Gasteiger partial charge in [0.05, 0.1) is 5.52 Å². The third-order valence-electron chi connectivity index (χ3n) is 4.18. The number of carbonyl (C=O) groups excluding carboxylic acids is 1. The molecule has 0 radical (unpaired) electrons.